The molecule has 0 aromatic heterocycles. The van der Waals surface area contributed by atoms with E-state index in [1.54, 1.807) is 89.9 Å². The Kier molecular flexibility index (Phi) is 8.86. The number of hydrogen-bond donors (Lipinski definition) is 0. The Labute approximate surface area is 165 Å². The molecule has 26 heavy (non-hydrogen) atoms. The highest BCUT2D eigenvalue weighted by Crippen LogP contribution is 2.42. The van der Waals surface area contributed by atoms with Crippen molar-refractivity contribution in [2.75, 3.05) is 0 Å². The van der Waals surface area contributed by atoms with Crippen molar-refractivity contribution in [3.8, 4) is 0 Å². The third-order valence-corrected chi connectivity index (χ3v) is 8.63. The van der Waals surface area contributed by atoms with Gasteiger partial charge in [0.25, 0.3) is 0 Å². The molecule has 0 spiro atoms. The van der Waals surface area contributed by atoms with Crippen molar-refractivity contribution in [1.29, 1.82) is 0 Å². The minimum Gasteiger partial charge on any atom is -0.0654 e. The molecule has 3 saturated carbocycles. The molecule has 0 aliphatic heterocycles. The van der Waals surface area contributed by atoms with Crippen LogP contribution in [0.15, 0.2) is 0 Å². The molecule has 3 rings (SSSR count). The zero-order valence-electron chi connectivity index (χ0n) is 18.2. The topological polar surface area (TPSA) is 0 Å². The Morgan fingerprint density at radius 1 is 0.385 bits per heavy atom. The predicted octanol–water partition coefficient (Wildman–Crippen LogP) is 8.79. The molecule has 0 heterocycles. The van der Waals surface area contributed by atoms with Crippen molar-refractivity contribution < 1.29 is 0 Å². The summed E-state index contributed by atoms with van der Waals surface area (Å²) in [6, 6.07) is 0. The summed E-state index contributed by atoms with van der Waals surface area (Å²) >= 11 is 0. The number of hydrogen-bond acceptors (Lipinski definition) is 0. The van der Waals surface area contributed by atoms with E-state index in [4.69, 9.17) is 0 Å². The highest BCUT2D eigenvalue weighted by molar-refractivity contribution is 4.81. The Hall–Kier alpha value is 0. The van der Waals surface area contributed by atoms with Gasteiger partial charge < -0.3 is 0 Å². The molecule has 0 bridgehead atoms. The largest absolute Gasteiger partial charge is 0.0654 e. The average molecular weight is 361 g/mol. The molecular weight excluding hydrogens is 312 g/mol. The smallest absolute Gasteiger partial charge is 0.0411 e. The molecule has 3 aliphatic carbocycles. The third kappa shape index (κ3) is 6.56. The van der Waals surface area contributed by atoms with Crippen LogP contribution < -0.4 is 0 Å². The standard InChI is InChI=1S/C26H48/c1-3-5-21-7-11-23(12-8-21)19-25-15-17-26(18-16-25)20-24-13-9-22(6-4-2)10-14-24/h21-26H,3-20H2,1-2H3/t21?,22?,23?,24?,25-,26-. The first-order chi connectivity index (χ1) is 12.8. The molecule has 152 valence electrons. The molecule has 0 radical (unpaired) electrons. The van der Waals surface area contributed by atoms with Crippen LogP contribution in [0, 0.1) is 35.5 Å². The normalized spacial score (nSPS) is 39.0. The monoisotopic (exact) mass is 360 g/mol. The van der Waals surface area contributed by atoms with Gasteiger partial charge in [-0.1, -0.05) is 117 Å². The van der Waals surface area contributed by atoms with Crippen molar-refractivity contribution in [2.24, 2.45) is 35.5 Å². The Balaban J connectivity index is 1.28. The lowest BCUT2D eigenvalue weighted by molar-refractivity contribution is 0.161. The molecule has 0 N–H and O–H groups in total. The second-order valence-electron chi connectivity index (χ2n) is 10.7. The van der Waals surface area contributed by atoms with E-state index < -0.39 is 0 Å². The maximum Gasteiger partial charge on any atom is -0.0411 e. The molecule has 0 atom stereocenters. The molecule has 3 fully saturated rings. The summed E-state index contributed by atoms with van der Waals surface area (Å²) in [5, 5.41) is 0. The summed E-state index contributed by atoms with van der Waals surface area (Å²) in [6.45, 7) is 4.72. The molecule has 0 amide bonds. The fourth-order valence-corrected chi connectivity index (χ4v) is 6.97. The van der Waals surface area contributed by atoms with Gasteiger partial charge in [-0.05, 0) is 48.3 Å². The van der Waals surface area contributed by atoms with Crippen LogP contribution in [0.2, 0.25) is 0 Å². The van der Waals surface area contributed by atoms with E-state index in [0.29, 0.717) is 0 Å². The molecule has 0 aromatic carbocycles. The van der Waals surface area contributed by atoms with Crippen LogP contribution in [-0.2, 0) is 0 Å². The zero-order chi connectivity index (χ0) is 18.2. The lowest BCUT2D eigenvalue weighted by atomic mass is 9.70. The maximum atomic E-state index is 2.36. The van der Waals surface area contributed by atoms with Crippen LogP contribution in [0.4, 0.5) is 0 Å². The predicted molar refractivity (Wildman–Crippen MR) is 115 cm³/mol. The maximum absolute atomic E-state index is 2.36. The van der Waals surface area contributed by atoms with Gasteiger partial charge >= 0.3 is 0 Å². The van der Waals surface area contributed by atoms with E-state index in [-0.39, 0.29) is 0 Å². The summed E-state index contributed by atoms with van der Waals surface area (Å²) in [4.78, 5) is 0. The average Bonchev–Trinajstić information content (AvgIpc) is 2.67. The highest BCUT2D eigenvalue weighted by Gasteiger charge is 2.29. The van der Waals surface area contributed by atoms with Crippen LogP contribution in [0.5, 0.6) is 0 Å². The first-order valence-corrected chi connectivity index (χ1v) is 12.8. The molecule has 0 aromatic rings. The zero-order valence-corrected chi connectivity index (χ0v) is 18.2. The lowest BCUT2D eigenvalue weighted by Gasteiger charge is -2.36. The van der Waals surface area contributed by atoms with Gasteiger partial charge in [-0.15, -0.1) is 0 Å². The van der Waals surface area contributed by atoms with Gasteiger partial charge in [-0.25, -0.2) is 0 Å². The molecule has 0 unspecified atom stereocenters. The molecule has 0 nitrogen and oxygen atoms in total. The van der Waals surface area contributed by atoms with Crippen molar-refractivity contribution >= 4 is 0 Å². The molecule has 3 aliphatic rings. The molecular formula is C26H48. The van der Waals surface area contributed by atoms with Crippen molar-refractivity contribution in [3.05, 3.63) is 0 Å². The van der Waals surface area contributed by atoms with Gasteiger partial charge in [0.15, 0.2) is 0 Å². The summed E-state index contributed by atoms with van der Waals surface area (Å²) in [5.41, 5.74) is 0. The SMILES string of the molecule is CCCC1CCC(C[C@H]2CC[C@H](CC3CCC(CCC)CC3)CC2)CC1. The second-order valence-corrected chi connectivity index (χ2v) is 10.7. The van der Waals surface area contributed by atoms with Crippen molar-refractivity contribution in [3.63, 3.8) is 0 Å². The first kappa shape index (κ1) is 20.7. The fraction of sp³-hybridized carbons (Fsp3) is 1.00. The molecule has 0 heteroatoms. The minimum atomic E-state index is 1.08. The van der Waals surface area contributed by atoms with E-state index in [0.717, 1.165) is 35.5 Å². The summed E-state index contributed by atoms with van der Waals surface area (Å²) in [6.07, 6.45) is 27.7. The van der Waals surface area contributed by atoms with Gasteiger partial charge in [-0.3, -0.25) is 0 Å². The third-order valence-electron chi connectivity index (χ3n) is 8.63. The van der Waals surface area contributed by atoms with E-state index in [2.05, 4.69) is 13.8 Å². The van der Waals surface area contributed by atoms with Gasteiger partial charge in [0.2, 0.25) is 0 Å². The first-order valence-electron chi connectivity index (χ1n) is 12.8. The second kappa shape index (κ2) is 11.1. The van der Waals surface area contributed by atoms with Crippen LogP contribution in [0.3, 0.4) is 0 Å². The van der Waals surface area contributed by atoms with Gasteiger partial charge in [0.05, 0.1) is 0 Å². The summed E-state index contributed by atoms with van der Waals surface area (Å²) in [7, 11) is 0. The van der Waals surface area contributed by atoms with Crippen molar-refractivity contribution in [1.82, 2.24) is 0 Å². The summed E-state index contributed by atoms with van der Waals surface area (Å²) < 4.78 is 0. The Morgan fingerprint density at radius 2 is 0.615 bits per heavy atom. The van der Waals surface area contributed by atoms with Crippen LogP contribution in [0.1, 0.15) is 129 Å². The van der Waals surface area contributed by atoms with E-state index in [9.17, 15) is 0 Å². The van der Waals surface area contributed by atoms with Crippen LogP contribution >= 0.6 is 0 Å². The van der Waals surface area contributed by atoms with E-state index in [1.165, 1.54) is 25.7 Å². The van der Waals surface area contributed by atoms with E-state index >= 15 is 0 Å². The Bertz CT molecular complexity index is 312. The van der Waals surface area contributed by atoms with Gasteiger partial charge in [0.1, 0.15) is 0 Å². The minimum absolute atomic E-state index is 1.08. The van der Waals surface area contributed by atoms with Gasteiger partial charge in [-0.2, -0.15) is 0 Å². The summed E-state index contributed by atoms with van der Waals surface area (Å²) in [5.74, 6) is 6.55. The fourth-order valence-electron chi connectivity index (χ4n) is 6.97. The molecule has 0 saturated heterocycles. The van der Waals surface area contributed by atoms with E-state index in [1.807, 2.05) is 0 Å². The van der Waals surface area contributed by atoms with Crippen LogP contribution in [-0.4, -0.2) is 0 Å². The quantitative estimate of drug-likeness (QED) is 0.405. The Morgan fingerprint density at radius 3 is 0.846 bits per heavy atom. The van der Waals surface area contributed by atoms with Crippen molar-refractivity contribution in [2.45, 2.75) is 129 Å². The lowest BCUT2D eigenvalue weighted by Crippen LogP contribution is -2.23. The number of rotatable bonds is 8. The highest BCUT2D eigenvalue weighted by atomic mass is 14.3. The van der Waals surface area contributed by atoms with Crippen LogP contribution in [0.25, 0.3) is 0 Å². The van der Waals surface area contributed by atoms with Gasteiger partial charge in [0, 0.05) is 0 Å².